The molecule has 0 bridgehead atoms. The minimum atomic E-state index is -0.169. The molecule has 2 N–H and O–H groups in total. The van der Waals surface area contributed by atoms with Gasteiger partial charge in [0.15, 0.2) is 0 Å². The smallest absolute Gasteiger partial charge is 0.228 e. The third-order valence-electron chi connectivity index (χ3n) is 5.17. The van der Waals surface area contributed by atoms with E-state index < -0.39 is 0 Å². The SMILES string of the molecule is CC1CCCCC1NC(=O)C1(C(C)C)CCNC1. The Bertz CT molecular complexity index is 295. The molecule has 2 aliphatic rings. The lowest BCUT2D eigenvalue weighted by Crippen LogP contribution is -2.51. The van der Waals surface area contributed by atoms with Gasteiger partial charge in [-0.3, -0.25) is 4.79 Å². The molecule has 0 aromatic heterocycles. The summed E-state index contributed by atoms with van der Waals surface area (Å²) in [6.07, 6.45) is 6.00. The summed E-state index contributed by atoms with van der Waals surface area (Å²) in [6.45, 7) is 8.45. The summed E-state index contributed by atoms with van der Waals surface area (Å²) < 4.78 is 0. The second kappa shape index (κ2) is 5.60. The van der Waals surface area contributed by atoms with Crippen LogP contribution >= 0.6 is 0 Å². The topological polar surface area (TPSA) is 41.1 Å². The van der Waals surface area contributed by atoms with E-state index in [4.69, 9.17) is 0 Å². The Hall–Kier alpha value is -0.570. The molecular formula is C15H28N2O. The number of hydrogen-bond donors (Lipinski definition) is 2. The number of rotatable bonds is 3. The standard InChI is InChI=1S/C15H28N2O/c1-11(2)15(8-9-16-10-15)14(18)17-13-7-5-4-6-12(13)3/h11-13,16H,4-10H2,1-3H3,(H,17,18). The van der Waals surface area contributed by atoms with Crippen molar-refractivity contribution in [3.05, 3.63) is 0 Å². The molecule has 3 nitrogen and oxygen atoms in total. The lowest BCUT2D eigenvalue weighted by Gasteiger charge is -2.36. The lowest BCUT2D eigenvalue weighted by molar-refractivity contribution is -0.133. The quantitative estimate of drug-likeness (QED) is 0.809. The van der Waals surface area contributed by atoms with Gasteiger partial charge < -0.3 is 10.6 Å². The molecule has 2 rings (SSSR count). The second-order valence-corrected chi connectivity index (χ2v) is 6.58. The highest BCUT2D eigenvalue weighted by Crippen LogP contribution is 2.35. The molecule has 0 aromatic carbocycles. The van der Waals surface area contributed by atoms with Crippen molar-refractivity contribution in [2.24, 2.45) is 17.3 Å². The van der Waals surface area contributed by atoms with E-state index in [0.29, 0.717) is 23.8 Å². The number of carbonyl (C=O) groups excluding carboxylic acids is 1. The minimum Gasteiger partial charge on any atom is -0.353 e. The van der Waals surface area contributed by atoms with Gasteiger partial charge in [0.2, 0.25) is 5.91 Å². The van der Waals surface area contributed by atoms with Gasteiger partial charge in [0.25, 0.3) is 0 Å². The van der Waals surface area contributed by atoms with E-state index >= 15 is 0 Å². The van der Waals surface area contributed by atoms with Gasteiger partial charge in [0.05, 0.1) is 5.41 Å². The average Bonchev–Trinajstić information content (AvgIpc) is 2.82. The van der Waals surface area contributed by atoms with E-state index in [1.165, 1.54) is 19.3 Å². The van der Waals surface area contributed by atoms with Gasteiger partial charge >= 0.3 is 0 Å². The fraction of sp³-hybridized carbons (Fsp3) is 0.933. The monoisotopic (exact) mass is 252 g/mol. The van der Waals surface area contributed by atoms with Crippen LogP contribution in [0.2, 0.25) is 0 Å². The van der Waals surface area contributed by atoms with Crippen LogP contribution in [0.25, 0.3) is 0 Å². The zero-order valence-electron chi connectivity index (χ0n) is 12.1. The predicted molar refractivity (Wildman–Crippen MR) is 74.3 cm³/mol. The first kappa shape index (κ1) is 13.9. The molecule has 0 aromatic rings. The van der Waals surface area contributed by atoms with Crippen molar-refractivity contribution in [1.29, 1.82) is 0 Å². The first-order chi connectivity index (χ1) is 8.56. The van der Waals surface area contributed by atoms with Crippen LogP contribution in [0, 0.1) is 17.3 Å². The Morgan fingerprint density at radius 3 is 2.61 bits per heavy atom. The van der Waals surface area contributed by atoms with Gasteiger partial charge in [0, 0.05) is 12.6 Å². The third kappa shape index (κ3) is 2.56. The van der Waals surface area contributed by atoms with Gasteiger partial charge in [-0.25, -0.2) is 0 Å². The van der Waals surface area contributed by atoms with Crippen molar-refractivity contribution < 1.29 is 4.79 Å². The molecule has 104 valence electrons. The Balaban J connectivity index is 2.01. The first-order valence-corrected chi connectivity index (χ1v) is 7.58. The van der Waals surface area contributed by atoms with Crippen LogP contribution in [0.4, 0.5) is 0 Å². The summed E-state index contributed by atoms with van der Waals surface area (Å²) in [5.41, 5.74) is -0.169. The fourth-order valence-corrected chi connectivity index (χ4v) is 3.50. The summed E-state index contributed by atoms with van der Waals surface area (Å²) in [4.78, 5) is 12.7. The summed E-state index contributed by atoms with van der Waals surface area (Å²) in [6, 6.07) is 0.405. The summed E-state index contributed by atoms with van der Waals surface area (Å²) in [7, 11) is 0. The summed E-state index contributed by atoms with van der Waals surface area (Å²) in [5.74, 6) is 1.34. The van der Waals surface area contributed by atoms with Crippen molar-refractivity contribution in [3.63, 3.8) is 0 Å². The Morgan fingerprint density at radius 2 is 2.06 bits per heavy atom. The van der Waals surface area contributed by atoms with Crippen LogP contribution in [-0.2, 0) is 4.79 Å². The Labute approximate surface area is 111 Å². The van der Waals surface area contributed by atoms with Crippen LogP contribution in [0.1, 0.15) is 52.9 Å². The van der Waals surface area contributed by atoms with Crippen molar-refractivity contribution in [1.82, 2.24) is 10.6 Å². The molecule has 1 heterocycles. The number of amides is 1. The molecule has 1 aliphatic carbocycles. The molecular weight excluding hydrogens is 224 g/mol. The summed E-state index contributed by atoms with van der Waals surface area (Å²) >= 11 is 0. The predicted octanol–water partition coefficient (Wildman–Crippen LogP) is 2.32. The molecule has 18 heavy (non-hydrogen) atoms. The molecule has 3 unspecified atom stereocenters. The maximum absolute atomic E-state index is 12.7. The van der Waals surface area contributed by atoms with Crippen LogP contribution in [-0.4, -0.2) is 25.0 Å². The maximum atomic E-state index is 12.7. The van der Waals surface area contributed by atoms with Crippen LogP contribution < -0.4 is 10.6 Å². The number of nitrogens with one attached hydrogen (secondary N) is 2. The van der Waals surface area contributed by atoms with Gasteiger partial charge in [-0.1, -0.05) is 33.6 Å². The minimum absolute atomic E-state index is 0.169. The number of carbonyl (C=O) groups is 1. The van der Waals surface area contributed by atoms with Gasteiger partial charge in [-0.2, -0.15) is 0 Å². The molecule has 2 fully saturated rings. The van der Waals surface area contributed by atoms with Crippen molar-refractivity contribution in [3.8, 4) is 0 Å². The van der Waals surface area contributed by atoms with E-state index in [9.17, 15) is 4.79 Å². The fourth-order valence-electron chi connectivity index (χ4n) is 3.50. The van der Waals surface area contributed by atoms with E-state index in [1.807, 2.05) is 0 Å². The highest BCUT2D eigenvalue weighted by molar-refractivity contribution is 5.84. The average molecular weight is 252 g/mol. The van der Waals surface area contributed by atoms with Gasteiger partial charge in [0.1, 0.15) is 0 Å². The van der Waals surface area contributed by atoms with Gasteiger partial charge in [-0.15, -0.1) is 0 Å². The summed E-state index contributed by atoms with van der Waals surface area (Å²) in [5, 5.41) is 6.72. The Morgan fingerprint density at radius 1 is 1.33 bits per heavy atom. The molecule has 3 atom stereocenters. The molecule has 1 saturated heterocycles. The molecule has 1 amide bonds. The zero-order chi connectivity index (χ0) is 13.2. The van der Waals surface area contributed by atoms with E-state index in [0.717, 1.165) is 25.9 Å². The lowest BCUT2D eigenvalue weighted by atomic mass is 9.75. The molecule has 0 spiro atoms. The Kier molecular flexibility index (Phi) is 4.31. The van der Waals surface area contributed by atoms with Crippen molar-refractivity contribution in [2.75, 3.05) is 13.1 Å². The molecule has 3 heteroatoms. The maximum Gasteiger partial charge on any atom is 0.228 e. The first-order valence-electron chi connectivity index (χ1n) is 7.58. The normalized spacial score (nSPS) is 36.9. The van der Waals surface area contributed by atoms with Crippen molar-refractivity contribution >= 4 is 5.91 Å². The van der Waals surface area contributed by atoms with E-state index in [1.54, 1.807) is 0 Å². The second-order valence-electron chi connectivity index (χ2n) is 6.58. The molecule has 1 saturated carbocycles. The van der Waals surface area contributed by atoms with Gasteiger partial charge in [-0.05, 0) is 37.6 Å². The molecule has 1 aliphatic heterocycles. The number of hydrogen-bond acceptors (Lipinski definition) is 2. The van der Waals surface area contributed by atoms with Crippen LogP contribution in [0.5, 0.6) is 0 Å². The van der Waals surface area contributed by atoms with E-state index in [2.05, 4.69) is 31.4 Å². The van der Waals surface area contributed by atoms with Crippen LogP contribution in [0.3, 0.4) is 0 Å². The van der Waals surface area contributed by atoms with Crippen LogP contribution in [0.15, 0.2) is 0 Å². The highest BCUT2D eigenvalue weighted by atomic mass is 16.2. The highest BCUT2D eigenvalue weighted by Gasteiger charge is 2.44. The largest absolute Gasteiger partial charge is 0.353 e. The van der Waals surface area contributed by atoms with Crippen molar-refractivity contribution in [2.45, 2.75) is 58.9 Å². The van der Waals surface area contributed by atoms with E-state index in [-0.39, 0.29) is 5.41 Å². The molecule has 0 radical (unpaired) electrons. The zero-order valence-corrected chi connectivity index (χ0v) is 12.1. The third-order valence-corrected chi connectivity index (χ3v) is 5.17.